The highest BCUT2D eigenvalue weighted by molar-refractivity contribution is 5.76. The van der Waals surface area contributed by atoms with Crippen molar-refractivity contribution in [3.8, 4) is 0 Å². The number of fused-ring (bicyclic) bond motifs is 8. The molecule has 0 aliphatic heterocycles. The summed E-state index contributed by atoms with van der Waals surface area (Å²) in [5.74, 6) is 1.55. The number of hydrogen-bond donors (Lipinski definition) is 2. The summed E-state index contributed by atoms with van der Waals surface area (Å²) in [6.45, 7) is 19.6. The smallest absolute Gasteiger partial charge is 0.309 e. The third kappa shape index (κ3) is 3.02. The standard InChI is InChI=1S/C32H49N3O3/c1-19(2)20-10-13-32(27(37)38)15-14-30(6)21(25(20)32)8-9-24-29(5)18-22-26(35(16-17-36)34-33-22)28(3,4)23(29)11-12-31(24,30)7/h20-21,23-25,36H,1,8-18H2,2-7H3,(H,37,38)/t20-,21+,23-,24+,25+,29-,30+,31+,32-/m0/s1. The fourth-order valence-electron chi connectivity index (χ4n) is 12.3. The Morgan fingerprint density at radius 1 is 1.00 bits per heavy atom. The predicted molar refractivity (Wildman–Crippen MR) is 147 cm³/mol. The molecule has 1 aromatic heterocycles. The molecule has 5 aliphatic carbocycles. The van der Waals surface area contributed by atoms with Crippen LogP contribution in [0.25, 0.3) is 0 Å². The number of hydrogen-bond acceptors (Lipinski definition) is 4. The van der Waals surface area contributed by atoms with E-state index in [4.69, 9.17) is 5.10 Å². The van der Waals surface area contributed by atoms with Crippen LogP contribution in [0.5, 0.6) is 0 Å². The van der Waals surface area contributed by atoms with Gasteiger partial charge in [0.1, 0.15) is 0 Å². The Morgan fingerprint density at radius 2 is 1.74 bits per heavy atom. The van der Waals surface area contributed by atoms with Gasteiger partial charge < -0.3 is 10.2 Å². The first-order valence-corrected chi connectivity index (χ1v) is 15.2. The summed E-state index contributed by atoms with van der Waals surface area (Å²) in [6, 6.07) is 0. The second kappa shape index (κ2) is 8.17. The molecular weight excluding hydrogens is 474 g/mol. The number of aliphatic hydroxyl groups excluding tert-OH is 1. The van der Waals surface area contributed by atoms with Crippen molar-refractivity contribution in [1.29, 1.82) is 0 Å². The summed E-state index contributed by atoms with van der Waals surface area (Å²) in [4.78, 5) is 12.9. The summed E-state index contributed by atoms with van der Waals surface area (Å²) in [5, 5.41) is 29.5. The quantitative estimate of drug-likeness (QED) is 0.471. The zero-order valence-electron chi connectivity index (χ0n) is 24.5. The number of aromatic nitrogens is 3. The molecule has 0 radical (unpaired) electrons. The highest BCUT2D eigenvalue weighted by atomic mass is 16.4. The molecule has 0 bridgehead atoms. The molecule has 6 rings (SSSR count). The highest BCUT2D eigenvalue weighted by Crippen LogP contribution is 2.77. The van der Waals surface area contributed by atoms with Crippen LogP contribution in [0.3, 0.4) is 0 Å². The molecule has 210 valence electrons. The van der Waals surface area contributed by atoms with Crippen LogP contribution in [-0.4, -0.2) is 37.8 Å². The van der Waals surface area contributed by atoms with Gasteiger partial charge in [0.2, 0.25) is 0 Å². The van der Waals surface area contributed by atoms with Gasteiger partial charge in [-0.3, -0.25) is 4.79 Å². The van der Waals surface area contributed by atoms with Crippen molar-refractivity contribution in [2.75, 3.05) is 6.61 Å². The summed E-state index contributed by atoms with van der Waals surface area (Å²) in [5.41, 5.74) is 3.36. The van der Waals surface area contributed by atoms with Crippen LogP contribution in [0.15, 0.2) is 12.2 Å². The summed E-state index contributed by atoms with van der Waals surface area (Å²) in [6.07, 6.45) is 9.30. The molecule has 1 heterocycles. The van der Waals surface area contributed by atoms with E-state index in [2.05, 4.69) is 53.3 Å². The van der Waals surface area contributed by atoms with Crippen LogP contribution in [0, 0.1) is 51.2 Å². The average Bonchev–Trinajstić information content (AvgIpc) is 3.42. The van der Waals surface area contributed by atoms with E-state index in [-0.39, 0.29) is 34.2 Å². The Labute approximate surface area is 228 Å². The number of aliphatic carboxylic acids is 1. The van der Waals surface area contributed by atoms with Gasteiger partial charge in [0.25, 0.3) is 0 Å². The molecule has 0 saturated heterocycles. The van der Waals surface area contributed by atoms with Gasteiger partial charge in [0.15, 0.2) is 0 Å². The van der Waals surface area contributed by atoms with Crippen LogP contribution in [0.4, 0.5) is 0 Å². The molecule has 4 saturated carbocycles. The van der Waals surface area contributed by atoms with E-state index >= 15 is 0 Å². The first kappa shape index (κ1) is 26.5. The molecule has 2 N–H and O–H groups in total. The molecule has 0 unspecified atom stereocenters. The second-order valence-electron chi connectivity index (χ2n) is 15.4. The van der Waals surface area contributed by atoms with Gasteiger partial charge in [0, 0.05) is 5.41 Å². The summed E-state index contributed by atoms with van der Waals surface area (Å²) >= 11 is 0. The average molecular weight is 524 g/mol. The molecule has 9 atom stereocenters. The van der Waals surface area contributed by atoms with E-state index in [0.717, 1.165) is 44.2 Å². The van der Waals surface area contributed by atoms with E-state index < -0.39 is 11.4 Å². The first-order chi connectivity index (χ1) is 17.8. The number of allylic oxidation sites excluding steroid dienone is 1. The van der Waals surface area contributed by atoms with E-state index in [1.807, 2.05) is 4.68 Å². The third-order valence-electron chi connectivity index (χ3n) is 13.9. The van der Waals surface area contributed by atoms with Crippen LogP contribution in [0.1, 0.15) is 104 Å². The molecular formula is C32H49N3O3. The van der Waals surface area contributed by atoms with Crippen LogP contribution < -0.4 is 0 Å². The van der Waals surface area contributed by atoms with Crippen molar-refractivity contribution in [3.63, 3.8) is 0 Å². The zero-order valence-corrected chi connectivity index (χ0v) is 24.5. The number of rotatable bonds is 4. The number of carbonyl (C=O) groups is 1. The maximum atomic E-state index is 12.9. The molecule has 38 heavy (non-hydrogen) atoms. The van der Waals surface area contributed by atoms with Gasteiger partial charge in [-0.05, 0) is 111 Å². The number of nitrogens with zero attached hydrogens (tertiary/aromatic N) is 3. The minimum atomic E-state index is -0.564. The summed E-state index contributed by atoms with van der Waals surface area (Å²) in [7, 11) is 0. The highest BCUT2D eigenvalue weighted by Gasteiger charge is 2.72. The second-order valence-corrected chi connectivity index (χ2v) is 15.4. The molecule has 5 aliphatic rings. The van der Waals surface area contributed by atoms with Crippen molar-refractivity contribution in [2.45, 2.75) is 111 Å². The van der Waals surface area contributed by atoms with Crippen LogP contribution >= 0.6 is 0 Å². The first-order valence-electron chi connectivity index (χ1n) is 15.2. The van der Waals surface area contributed by atoms with E-state index in [1.165, 1.54) is 30.5 Å². The molecule has 0 spiro atoms. The van der Waals surface area contributed by atoms with Gasteiger partial charge >= 0.3 is 5.97 Å². The van der Waals surface area contributed by atoms with Gasteiger partial charge in [-0.2, -0.15) is 0 Å². The predicted octanol–water partition coefficient (Wildman–Crippen LogP) is 6.03. The fraction of sp³-hybridized carbons (Fsp3) is 0.844. The van der Waals surface area contributed by atoms with Crippen LogP contribution in [-0.2, 0) is 23.2 Å². The molecule has 6 heteroatoms. The molecule has 4 fully saturated rings. The lowest BCUT2D eigenvalue weighted by Crippen LogP contribution is -2.67. The van der Waals surface area contributed by atoms with Gasteiger partial charge in [0.05, 0.1) is 30.0 Å². The van der Waals surface area contributed by atoms with E-state index in [0.29, 0.717) is 30.2 Å². The lowest BCUT2D eigenvalue weighted by atomic mass is 9.32. The Kier molecular flexibility index (Phi) is 5.71. The minimum Gasteiger partial charge on any atom is -0.481 e. The SMILES string of the molecule is C=C(C)[C@@H]1CC[C@]2(C(=O)O)CC[C@]3(C)[C@H](CC[C@@H]4[C@@]5(C)Cc6nnn(CCO)c6C(C)(C)[C@@H]5CC[C@]43C)[C@@H]12. The fourth-order valence-corrected chi connectivity index (χ4v) is 12.3. The molecule has 0 aromatic carbocycles. The van der Waals surface area contributed by atoms with Crippen molar-refractivity contribution in [2.24, 2.45) is 51.2 Å². The Hall–Kier alpha value is -1.69. The Balaban J connectivity index is 1.42. The summed E-state index contributed by atoms with van der Waals surface area (Å²) < 4.78 is 1.96. The Morgan fingerprint density at radius 3 is 2.39 bits per heavy atom. The largest absolute Gasteiger partial charge is 0.481 e. The van der Waals surface area contributed by atoms with Gasteiger partial charge in [-0.25, -0.2) is 4.68 Å². The van der Waals surface area contributed by atoms with E-state index in [9.17, 15) is 15.0 Å². The van der Waals surface area contributed by atoms with Crippen molar-refractivity contribution in [1.82, 2.24) is 15.0 Å². The van der Waals surface area contributed by atoms with Gasteiger partial charge in [-0.1, -0.05) is 52.0 Å². The zero-order chi connectivity index (χ0) is 27.5. The maximum Gasteiger partial charge on any atom is 0.309 e. The minimum absolute atomic E-state index is 0.0540. The number of carboxylic acids is 1. The molecule has 6 nitrogen and oxygen atoms in total. The molecule has 1 aromatic rings. The maximum absolute atomic E-state index is 12.9. The number of aliphatic hydroxyl groups is 1. The van der Waals surface area contributed by atoms with E-state index in [1.54, 1.807) is 0 Å². The molecule has 0 amide bonds. The lowest BCUT2D eigenvalue weighted by molar-refractivity contribution is -0.228. The van der Waals surface area contributed by atoms with Crippen molar-refractivity contribution in [3.05, 3.63) is 23.5 Å². The Bertz CT molecular complexity index is 1170. The van der Waals surface area contributed by atoms with Crippen molar-refractivity contribution >= 4 is 5.97 Å². The van der Waals surface area contributed by atoms with Crippen LogP contribution in [0.2, 0.25) is 0 Å². The lowest BCUT2D eigenvalue weighted by Gasteiger charge is -2.72. The number of carboxylic acid groups (broad SMARTS) is 1. The third-order valence-corrected chi connectivity index (χ3v) is 13.9. The van der Waals surface area contributed by atoms with Gasteiger partial charge in [-0.15, -0.1) is 5.10 Å². The topological polar surface area (TPSA) is 88.2 Å². The normalized spacial score (nSPS) is 46.8. The monoisotopic (exact) mass is 523 g/mol. The van der Waals surface area contributed by atoms with Crippen molar-refractivity contribution < 1.29 is 15.0 Å².